The van der Waals surface area contributed by atoms with Crippen LogP contribution < -0.4 is 0 Å². The van der Waals surface area contributed by atoms with E-state index in [1.165, 1.54) is 12.1 Å². The van der Waals surface area contributed by atoms with E-state index < -0.39 is 10.1 Å². The van der Waals surface area contributed by atoms with Gasteiger partial charge in [0, 0.05) is 30.6 Å². The van der Waals surface area contributed by atoms with Crippen LogP contribution in [0.2, 0.25) is 0 Å². The van der Waals surface area contributed by atoms with Crippen molar-refractivity contribution >= 4 is 26.0 Å². The second-order valence-electron chi connectivity index (χ2n) is 5.41. The van der Waals surface area contributed by atoms with Crippen LogP contribution in [0.5, 0.6) is 0 Å². The van der Waals surface area contributed by atoms with Gasteiger partial charge in [-0.3, -0.25) is 9.54 Å². The predicted octanol–water partition coefficient (Wildman–Crippen LogP) is 3.59. The molecule has 0 bridgehead atoms. The van der Waals surface area contributed by atoms with Crippen molar-refractivity contribution in [1.29, 1.82) is 0 Å². The normalized spacial score (nSPS) is 12.3. The highest BCUT2D eigenvalue weighted by Gasteiger charge is 2.10. The first-order valence-electron chi connectivity index (χ1n) is 7.50. The topological polar surface area (TPSA) is 76.5 Å². The number of pyridine rings is 1. The molecule has 1 N–H and O–H groups in total. The molecular weight excluding hydrogens is 406 g/mol. The molecule has 0 radical (unpaired) electrons. The lowest BCUT2D eigenvalue weighted by atomic mass is 10.1. The Morgan fingerprint density at radius 3 is 2.32 bits per heavy atom. The van der Waals surface area contributed by atoms with E-state index in [1.807, 2.05) is 13.0 Å². The maximum absolute atomic E-state index is 11.0. The Kier molecular flexibility index (Phi) is 6.73. The Balaban J connectivity index is 1.98. The Morgan fingerprint density at radius 1 is 1.20 bits per heavy atom. The minimum atomic E-state index is -4.15. The minimum Gasteiger partial charge on any atom is -0.375 e. The lowest BCUT2D eigenvalue weighted by Crippen LogP contribution is -2.01. The number of ether oxygens (including phenoxy) is 1. The van der Waals surface area contributed by atoms with Crippen LogP contribution >= 0.6 is 15.9 Å². The molecule has 0 unspecified atom stereocenters. The van der Waals surface area contributed by atoms with Crippen LogP contribution in [0.3, 0.4) is 0 Å². The molecule has 2 aromatic rings. The summed E-state index contributed by atoms with van der Waals surface area (Å²) < 4.78 is 37.1. The predicted molar refractivity (Wildman–Crippen MR) is 98.8 cm³/mol. The number of aromatic nitrogens is 1. The van der Waals surface area contributed by atoms with Crippen molar-refractivity contribution in [2.75, 3.05) is 7.11 Å². The largest absolute Gasteiger partial charge is 0.375 e. The van der Waals surface area contributed by atoms with Gasteiger partial charge in [0.25, 0.3) is 10.1 Å². The quantitative estimate of drug-likeness (QED) is 0.587. The molecule has 2 rings (SSSR count). The molecule has 1 heterocycles. The first-order valence-corrected chi connectivity index (χ1v) is 9.74. The van der Waals surface area contributed by atoms with E-state index in [0.717, 1.165) is 21.3 Å². The molecule has 1 aromatic heterocycles. The zero-order valence-corrected chi connectivity index (χ0v) is 16.3. The number of benzene rings is 1. The summed E-state index contributed by atoms with van der Waals surface area (Å²) in [5.74, 6) is 6.12. The van der Waals surface area contributed by atoms with Gasteiger partial charge in [-0.2, -0.15) is 8.42 Å². The average Bonchev–Trinajstić information content (AvgIpc) is 2.58. The second-order valence-corrected chi connectivity index (χ2v) is 7.69. The van der Waals surface area contributed by atoms with Crippen LogP contribution in [0, 0.1) is 11.8 Å². The van der Waals surface area contributed by atoms with Crippen molar-refractivity contribution in [3.05, 3.63) is 57.8 Å². The number of methoxy groups -OCH3 is 1. The van der Waals surface area contributed by atoms with E-state index in [2.05, 4.69) is 32.8 Å². The van der Waals surface area contributed by atoms with Gasteiger partial charge in [0.05, 0.1) is 16.7 Å². The van der Waals surface area contributed by atoms with Crippen LogP contribution in [0.1, 0.15) is 29.8 Å². The number of hydrogen-bond donors (Lipinski definition) is 1. The molecule has 0 aliphatic rings. The third-order valence-electron chi connectivity index (χ3n) is 3.60. The molecule has 0 aliphatic heterocycles. The molecule has 1 atom stereocenters. The second kappa shape index (κ2) is 8.59. The molecule has 0 fully saturated rings. The third-order valence-corrected chi connectivity index (χ3v) is 5.10. The Labute approximate surface area is 156 Å². The molecular formula is C18H18BrNO4S. The Morgan fingerprint density at radius 2 is 1.80 bits per heavy atom. The highest BCUT2D eigenvalue weighted by molar-refractivity contribution is 9.10. The van der Waals surface area contributed by atoms with Crippen molar-refractivity contribution in [1.82, 2.24) is 4.98 Å². The van der Waals surface area contributed by atoms with Gasteiger partial charge in [0.1, 0.15) is 0 Å². The number of hydrogen-bond acceptors (Lipinski definition) is 4. The fourth-order valence-electron chi connectivity index (χ4n) is 2.10. The van der Waals surface area contributed by atoms with Crippen molar-refractivity contribution in [3.63, 3.8) is 0 Å². The smallest absolute Gasteiger partial charge is 0.294 e. The van der Waals surface area contributed by atoms with Gasteiger partial charge in [0.2, 0.25) is 0 Å². The molecule has 0 saturated carbocycles. The summed E-state index contributed by atoms with van der Waals surface area (Å²) in [7, 11) is -2.51. The summed E-state index contributed by atoms with van der Waals surface area (Å²) in [6.45, 7) is 1.93. The van der Waals surface area contributed by atoms with Crippen LogP contribution in [0.25, 0.3) is 0 Å². The van der Waals surface area contributed by atoms with Crippen molar-refractivity contribution in [2.24, 2.45) is 0 Å². The third kappa shape index (κ3) is 5.65. The maximum atomic E-state index is 11.0. The number of halogens is 1. The molecule has 7 heteroatoms. The summed E-state index contributed by atoms with van der Waals surface area (Å²) in [6.07, 6.45) is 2.76. The fourth-order valence-corrected chi connectivity index (χ4v) is 3.30. The summed E-state index contributed by atoms with van der Waals surface area (Å²) in [6, 6.07) is 7.98. The van der Waals surface area contributed by atoms with E-state index in [0.29, 0.717) is 12.8 Å². The van der Waals surface area contributed by atoms with Crippen molar-refractivity contribution in [2.45, 2.75) is 30.8 Å². The first kappa shape index (κ1) is 19.6. The number of nitrogens with zero attached hydrogens (tertiary/aromatic N) is 1. The lowest BCUT2D eigenvalue weighted by Gasteiger charge is -2.11. The van der Waals surface area contributed by atoms with Gasteiger partial charge >= 0.3 is 0 Å². The maximum Gasteiger partial charge on any atom is 0.294 e. The summed E-state index contributed by atoms with van der Waals surface area (Å²) in [5, 5.41) is 0. The number of rotatable bonds is 5. The lowest BCUT2D eigenvalue weighted by molar-refractivity contribution is 0.115. The molecule has 5 nitrogen and oxygen atoms in total. The van der Waals surface area contributed by atoms with Gasteiger partial charge in [-0.1, -0.05) is 24.0 Å². The molecule has 1 aromatic carbocycles. The van der Waals surface area contributed by atoms with E-state index >= 15 is 0 Å². The van der Waals surface area contributed by atoms with Gasteiger partial charge < -0.3 is 4.74 Å². The Bertz CT molecular complexity index is 899. The van der Waals surface area contributed by atoms with Gasteiger partial charge in [-0.15, -0.1) is 0 Å². The van der Waals surface area contributed by atoms with E-state index in [9.17, 15) is 8.42 Å². The Hall–Kier alpha value is -1.72. The monoisotopic (exact) mass is 423 g/mol. The highest BCUT2D eigenvalue weighted by atomic mass is 79.9. The highest BCUT2D eigenvalue weighted by Crippen LogP contribution is 2.24. The van der Waals surface area contributed by atoms with Crippen molar-refractivity contribution in [3.8, 4) is 11.8 Å². The van der Waals surface area contributed by atoms with Gasteiger partial charge in [0.15, 0.2) is 0 Å². The summed E-state index contributed by atoms with van der Waals surface area (Å²) >= 11 is 3.50. The van der Waals surface area contributed by atoms with E-state index in [1.54, 1.807) is 25.4 Å². The molecule has 25 heavy (non-hydrogen) atoms. The van der Waals surface area contributed by atoms with Crippen LogP contribution in [-0.4, -0.2) is 25.1 Å². The zero-order valence-electron chi connectivity index (χ0n) is 13.9. The first-order chi connectivity index (χ1) is 11.8. The molecule has 0 saturated heterocycles. The molecule has 0 amide bonds. The summed E-state index contributed by atoms with van der Waals surface area (Å²) in [4.78, 5) is 4.28. The standard InChI is InChI=1S/C18H18BrNO4S/c1-13(24-2)18-17(19)11-15(12-20-18)6-4-3-5-14-7-9-16(10-8-14)25(21,22)23/h7-13H,5-6H2,1-2H3,(H,21,22,23)/t13-/m0/s1. The van der Waals surface area contributed by atoms with Gasteiger partial charge in [-0.05, 0) is 52.2 Å². The fraction of sp³-hybridized carbons (Fsp3) is 0.278. The molecule has 0 aliphatic carbocycles. The zero-order chi connectivity index (χ0) is 18.4. The van der Waals surface area contributed by atoms with Crippen LogP contribution in [0.4, 0.5) is 0 Å². The molecule has 0 spiro atoms. The average molecular weight is 424 g/mol. The van der Waals surface area contributed by atoms with Crippen LogP contribution in [-0.2, 0) is 27.7 Å². The van der Waals surface area contributed by atoms with Gasteiger partial charge in [-0.25, -0.2) is 0 Å². The summed E-state index contributed by atoms with van der Waals surface area (Å²) in [5.41, 5.74) is 2.72. The van der Waals surface area contributed by atoms with E-state index in [4.69, 9.17) is 9.29 Å². The minimum absolute atomic E-state index is 0.0831. The SMILES string of the molecule is CO[C@@H](C)c1ncc(CC#CCc2ccc(S(=O)(=O)O)cc2)cc1Br. The van der Waals surface area contributed by atoms with Crippen molar-refractivity contribution < 1.29 is 17.7 Å². The van der Waals surface area contributed by atoms with E-state index in [-0.39, 0.29) is 11.0 Å². The molecule has 132 valence electrons. The van der Waals surface area contributed by atoms with Crippen LogP contribution in [0.15, 0.2) is 45.9 Å².